The second-order valence-electron chi connectivity index (χ2n) is 8.75. The Morgan fingerprint density at radius 2 is 1.51 bits per heavy atom. The quantitative estimate of drug-likeness (QED) is 0.302. The van der Waals surface area contributed by atoms with Crippen molar-refractivity contribution in [3.63, 3.8) is 0 Å². The number of rotatable bonds is 7. The van der Waals surface area contributed by atoms with Gasteiger partial charge in [-0.25, -0.2) is 4.79 Å². The topological polar surface area (TPSA) is 131 Å². The van der Waals surface area contributed by atoms with Crippen LogP contribution in [0.4, 0.5) is 0 Å². The summed E-state index contributed by atoms with van der Waals surface area (Å²) in [6.45, 7) is 1.21. The van der Waals surface area contributed by atoms with E-state index in [1.807, 2.05) is 0 Å². The van der Waals surface area contributed by atoms with Crippen LogP contribution in [0.3, 0.4) is 0 Å². The molecule has 0 saturated heterocycles. The fourth-order valence-electron chi connectivity index (χ4n) is 4.77. The Labute approximate surface area is 202 Å². The first-order chi connectivity index (χ1) is 16.9. The van der Waals surface area contributed by atoms with E-state index < -0.39 is 11.6 Å². The van der Waals surface area contributed by atoms with Gasteiger partial charge < -0.3 is 30.7 Å². The minimum Gasteiger partial charge on any atom is -0.508 e. The summed E-state index contributed by atoms with van der Waals surface area (Å²) in [6, 6.07) is 14.0. The van der Waals surface area contributed by atoms with E-state index in [4.69, 9.17) is 15.2 Å². The first-order valence-electron chi connectivity index (χ1n) is 11.6. The maximum absolute atomic E-state index is 13.0. The second kappa shape index (κ2) is 8.96. The Balaban J connectivity index is 1.55. The van der Waals surface area contributed by atoms with Crippen LogP contribution in [0.15, 0.2) is 54.6 Å². The summed E-state index contributed by atoms with van der Waals surface area (Å²) >= 11 is 0. The highest BCUT2D eigenvalue weighted by Crippen LogP contribution is 2.57. The average molecular weight is 475 g/mol. The van der Waals surface area contributed by atoms with Crippen LogP contribution in [-0.4, -0.2) is 35.2 Å². The van der Waals surface area contributed by atoms with Gasteiger partial charge >= 0.3 is 5.97 Å². The monoisotopic (exact) mass is 474 g/mol. The highest BCUT2D eigenvalue weighted by atomic mass is 16.6. The van der Waals surface area contributed by atoms with Crippen molar-refractivity contribution in [1.29, 1.82) is 0 Å². The van der Waals surface area contributed by atoms with Gasteiger partial charge in [0.2, 0.25) is 0 Å². The lowest BCUT2D eigenvalue weighted by Crippen LogP contribution is -2.33. The molecule has 0 aromatic heterocycles. The van der Waals surface area contributed by atoms with E-state index in [0.29, 0.717) is 40.9 Å². The molecule has 8 heteroatoms. The van der Waals surface area contributed by atoms with Crippen molar-refractivity contribution in [3.05, 3.63) is 82.4 Å². The third-order valence-electron chi connectivity index (χ3n) is 6.45. The lowest BCUT2D eigenvalue weighted by atomic mass is 9.77. The van der Waals surface area contributed by atoms with Crippen LogP contribution in [0, 0.1) is 0 Å². The molecule has 2 aliphatic heterocycles. The van der Waals surface area contributed by atoms with E-state index >= 15 is 0 Å². The fourth-order valence-corrected chi connectivity index (χ4v) is 4.77. The highest BCUT2D eigenvalue weighted by molar-refractivity contribution is 6.00. The minimum absolute atomic E-state index is 0.0216. The number of nitrogens with one attached hydrogen (secondary N) is 1. The number of hydrogen-bond acceptors (Lipinski definition) is 7. The van der Waals surface area contributed by atoms with Gasteiger partial charge in [-0.1, -0.05) is 12.8 Å². The van der Waals surface area contributed by atoms with Gasteiger partial charge in [-0.3, -0.25) is 4.79 Å². The number of nitrogens with two attached hydrogens (primary N) is 1. The Morgan fingerprint density at radius 1 is 0.857 bits per heavy atom. The van der Waals surface area contributed by atoms with Crippen LogP contribution in [0.1, 0.15) is 63.1 Å². The Morgan fingerprint density at radius 3 is 2.17 bits per heavy atom. The average Bonchev–Trinajstić information content (AvgIpc) is 3.13. The lowest BCUT2D eigenvalue weighted by molar-refractivity contribution is 0.0224. The molecule has 0 unspecified atom stereocenters. The van der Waals surface area contributed by atoms with Crippen LogP contribution in [0.25, 0.3) is 0 Å². The molecule has 2 heterocycles. The van der Waals surface area contributed by atoms with Crippen molar-refractivity contribution < 1.29 is 29.3 Å². The number of aromatic hydroxyl groups is 2. The van der Waals surface area contributed by atoms with Crippen LogP contribution in [0.5, 0.6) is 23.0 Å². The third kappa shape index (κ3) is 3.85. The number of esters is 1. The molecule has 3 aromatic carbocycles. The maximum atomic E-state index is 13.0. The van der Waals surface area contributed by atoms with Crippen molar-refractivity contribution in [2.24, 2.45) is 5.73 Å². The molecule has 0 aliphatic carbocycles. The van der Waals surface area contributed by atoms with Crippen LogP contribution in [0.2, 0.25) is 0 Å². The number of amides is 1. The van der Waals surface area contributed by atoms with Gasteiger partial charge in [0.15, 0.2) is 5.60 Å². The highest BCUT2D eigenvalue weighted by Gasteiger charge is 2.53. The summed E-state index contributed by atoms with van der Waals surface area (Å²) in [5.41, 5.74) is 6.38. The molecule has 2 aliphatic rings. The molecule has 180 valence electrons. The second-order valence-corrected chi connectivity index (χ2v) is 8.75. The summed E-state index contributed by atoms with van der Waals surface area (Å²) in [4.78, 5) is 25.9. The van der Waals surface area contributed by atoms with E-state index in [1.165, 1.54) is 24.3 Å². The molecular formula is C27H26N2O6. The number of phenols is 2. The molecular weight excluding hydrogens is 448 g/mol. The van der Waals surface area contributed by atoms with E-state index in [9.17, 15) is 19.8 Å². The Bertz CT molecular complexity index is 1270. The van der Waals surface area contributed by atoms with Crippen molar-refractivity contribution in [3.8, 4) is 23.0 Å². The van der Waals surface area contributed by atoms with Gasteiger partial charge in [0.1, 0.15) is 23.0 Å². The molecule has 8 nitrogen and oxygen atoms in total. The van der Waals surface area contributed by atoms with Crippen molar-refractivity contribution in [1.82, 2.24) is 5.32 Å². The fraction of sp³-hybridized carbons (Fsp3) is 0.259. The predicted molar refractivity (Wildman–Crippen MR) is 128 cm³/mol. The smallest absolute Gasteiger partial charge is 0.340 e. The molecule has 0 fully saturated rings. The number of benzene rings is 3. The first-order valence-corrected chi connectivity index (χ1v) is 11.6. The minimum atomic E-state index is -1.39. The summed E-state index contributed by atoms with van der Waals surface area (Å²) in [5.74, 6) is -0.248. The normalized spacial score (nSPS) is 14.5. The molecule has 0 atom stereocenters. The van der Waals surface area contributed by atoms with Gasteiger partial charge in [-0.15, -0.1) is 0 Å². The zero-order chi connectivity index (χ0) is 24.6. The number of phenolic OH excluding ortho intramolecular Hbond substituents is 2. The molecule has 0 bridgehead atoms. The van der Waals surface area contributed by atoms with Crippen molar-refractivity contribution >= 4 is 11.9 Å². The number of ether oxygens (including phenoxy) is 2. The van der Waals surface area contributed by atoms with E-state index in [1.54, 1.807) is 30.3 Å². The molecule has 1 spiro atoms. The molecule has 3 aromatic rings. The van der Waals surface area contributed by atoms with E-state index in [-0.39, 0.29) is 28.9 Å². The van der Waals surface area contributed by atoms with Crippen LogP contribution >= 0.6 is 0 Å². The summed E-state index contributed by atoms with van der Waals surface area (Å²) in [7, 11) is 0. The molecule has 1 amide bonds. The Hall–Kier alpha value is -4.04. The van der Waals surface area contributed by atoms with Gasteiger partial charge in [-0.2, -0.15) is 0 Å². The van der Waals surface area contributed by atoms with Gasteiger partial charge in [0, 0.05) is 40.9 Å². The molecule has 0 saturated carbocycles. The number of unbranched alkanes of at least 4 members (excludes halogenated alkanes) is 3. The SMILES string of the molecule is NCCCCCCNC(=O)c1ccc2c(c1)C1(OC2=O)c2ccc(O)cc2Oc2cc(O)ccc21. The summed E-state index contributed by atoms with van der Waals surface area (Å²) < 4.78 is 12.0. The molecule has 5 rings (SSSR count). The van der Waals surface area contributed by atoms with Crippen LogP contribution in [-0.2, 0) is 10.3 Å². The number of fused-ring (bicyclic) bond motifs is 6. The van der Waals surface area contributed by atoms with Crippen molar-refractivity contribution in [2.45, 2.75) is 31.3 Å². The zero-order valence-electron chi connectivity index (χ0n) is 19.0. The van der Waals surface area contributed by atoms with Crippen molar-refractivity contribution in [2.75, 3.05) is 13.1 Å². The zero-order valence-corrected chi connectivity index (χ0v) is 19.0. The lowest BCUT2D eigenvalue weighted by Gasteiger charge is -2.36. The van der Waals surface area contributed by atoms with E-state index in [2.05, 4.69) is 5.32 Å². The first kappa shape index (κ1) is 22.7. The van der Waals surface area contributed by atoms with E-state index in [0.717, 1.165) is 25.7 Å². The molecule has 35 heavy (non-hydrogen) atoms. The van der Waals surface area contributed by atoms with Crippen LogP contribution < -0.4 is 15.8 Å². The van der Waals surface area contributed by atoms with Gasteiger partial charge in [0.25, 0.3) is 5.91 Å². The number of carbonyl (C=O) groups is 2. The number of carbonyl (C=O) groups excluding carboxylic acids is 2. The van der Waals surface area contributed by atoms with Gasteiger partial charge in [-0.05, 0) is 61.9 Å². The number of hydrogen-bond donors (Lipinski definition) is 4. The standard InChI is InChI=1S/C27H26N2O6/c28-11-3-1-2-4-12-29-25(32)16-5-8-19-22(13-16)27(35-26(19)33)20-9-6-17(30)14-23(20)34-24-15-18(31)7-10-21(24)27/h5-10,13-15,30-31H,1-4,11-12,28H2,(H,29,32). The summed E-state index contributed by atoms with van der Waals surface area (Å²) in [5, 5.41) is 23.0. The third-order valence-corrected chi connectivity index (χ3v) is 6.45. The Kier molecular flexibility index (Phi) is 5.82. The largest absolute Gasteiger partial charge is 0.508 e. The maximum Gasteiger partial charge on any atom is 0.340 e. The molecule has 5 N–H and O–H groups in total. The summed E-state index contributed by atoms with van der Waals surface area (Å²) in [6.07, 6.45) is 3.84. The van der Waals surface area contributed by atoms with Gasteiger partial charge in [0.05, 0.1) is 5.56 Å². The predicted octanol–water partition coefficient (Wildman–Crippen LogP) is 3.91. The molecule has 0 radical (unpaired) electrons.